The molecule has 0 saturated carbocycles. The molecule has 112 valence electrons. The van der Waals surface area contributed by atoms with Crippen LogP contribution in [0.15, 0.2) is 24.3 Å². The Morgan fingerprint density at radius 3 is 2.40 bits per heavy atom. The van der Waals surface area contributed by atoms with Crippen molar-refractivity contribution in [2.24, 2.45) is 0 Å². The highest BCUT2D eigenvalue weighted by molar-refractivity contribution is 5.76. The number of ether oxygens (including phenoxy) is 1. The van der Waals surface area contributed by atoms with Gasteiger partial charge in [0.05, 0.1) is 12.2 Å². The summed E-state index contributed by atoms with van der Waals surface area (Å²) in [6.07, 6.45) is 1.14. The third-order valence-electron chi connectivity index (χ3n) is 2.91. The normalized spacial score (nSPS) is 11.2. The van der Waals surface area contributed by atoms with Gasteiger partial charge in [0.25, 0.3) is 0 Å². The molecule has 0 heterocycles. The van der Waals surface area contributed by atoms with Crippen molar-refractivity contribution in [2.75, 3.05) is 20.2 Å². The molecule has 1 rings (SSSR count). The van der Waals surface area contributed by atoms with Crippen molar-refractivity contribution < 1.29 is 14.6 Å². The lowest BCUT2D eigenvalue weighted by Gasteiger charge is -2.25. The Morgan fingerprint density at radius 1 is 1.30 bits per heavy atom. The first-order chi connectivity index (χ1) is 9.31. The molecule has 20 heavy (non-hydrogen) atoms. The fraction of sp³-hybridized carbons (Fsp3) is 0.562. The van der Waals surface area contributed by atoms with Gasteiger partial charge in [0.2, 0.25) is 5.91 Å². The van der Waals surface area contributed by atoms with E-state index in [4.69, 9.17) is 4.74 Å². The lowest BCUT2D eigenvalue weighted by molar-refractivity contribution is -0.132. The van der Waals surface area contributed by atoms with E-state index in [0.29, 0.717) is 26.0 Å². The molecule has 0 fully saturated rings. The number of hydrogen-bond acceptors (Lipinski definition) is 3. The van der Waals surface area contributed by atoms with Crippen LogP contribution in [0.3, 0.4) is 0 Å². The first kappa shape index (κ1) is 16.5. The summed E-state index contributed by atoms with van der Waals surface area (Å²) in [6, 6.07) is 7.80. The van der Waals surface area contributed by atoms with Crippen LogP contribution in [0.2, 0.25) is 0 Å². The molecule has 0 saturated heterocycles. The number of aliphatic hydroxyl groups is 1. The topological polar surface area (TPSA) is 49.8 Å². The second kappa shape index (κ2) is 7.29. The molecule has 1 aromatic rings. The van der Waals surface area contributed by atoms with Crippen LogP contribution in [0, 0.1) is 0 Å². The number of carbonyl (C=O) groups is 1. The van der Waals surface area contributed by atoms with E-state index in [1.807, 2.05) is 31.2 Å². The highest BCUT2D eigenvalue weighted by atomic mass is 16.5. The largest absolute Gasteiger partial charge is 0.494 e. The lowest BCUT2D eigenvalue weighted by Crippen LogP contribution is -2.39. The fourth-order valence-electron chi connectivity index (χ4n) is 2.03. The van der Waals surface area contributed by atoms with Gasteiger partial charge in [0.15, 0.2) is 0 Å². The first-order valence-corrected chi connectivity index (χ1v) is 7.00. The quantitative estimate of drug-likeness (QED) is 0.833. The Labute approximate surface area is 121 Å². The molecule has 0 aliphatic rings. The molecule has 0 atom stereocenters. The van der Waals surface area contributed by atoms with Gasteiger partial charge in [0.1, 0.15) is 5.75 Å². The van der Waals surface area contributed by atoms with Crippen molar-refractivity contribution in [1.82, 2.24) is 4.90 Å². The average Bonchev–Trinajstić information content (AvgIpc) is 2.36. The number of benzene rings is 1. The summed E-state index contributed by atoms with van der Waals surface area (Å²) in [5, 5.41) is 9.70. The molecule has 0 spiro atoms. The van der Waals surface area contributed by atoms with Crippen molar-refractivity contribution in [2.45, 2.75) is 39.2 Å². The second-order valence-electron chi connectivity index (χ2n) is 5.64. The molecule has 1 N–H and O–H groups in total. The van der Waals surface area contributed by atoms with Crippen molar-refractivity contribution in [3.05, 3.63) is 29.8 Å². The lowest BCUT2D eigenvalue weighted by atomic mass is 10.1. The molecule has 4 heteroatoms. The van der Waals surface area contributed by atoms with Gasteiger partial charge in [-0.15, -0.1) is 0 Å². The monoisotopic (exact) mass is 279 g/mol. The van der Waals surface area contributed by atoms with Crippen LogP contribution in [0.5, 0.6) is 5.75 Å². The third-order valence-corrected chi connectivity index (χ3v) is 2.91. The van der Waals surface area contributed by atoms with Crippen LogP contribution >= 0.6 is 0 Å². The van der Waals surface area contributed by atoms with E-state index < -0.39 is 5.60 Å². The van der Waals surface area contributed by atoms with Crippen molar-refractivity contribution in [3.8, 4) is 5.75 Å². The van der Waals surface area contributed by atoms with E-state index in [-0.39, 0.29) is 5.91 Å². The number of nitrogens with zero attached hydrogens (tertiary/aromatic N) is 1. The van der Waals surface area contributed by atoms with E-state index in [1.54, 1.807) is 25.8 Å². The molecule has 0 radical (unpaired) electrons. The highest BCUT2D eigenvalue weighted by Gasteiger charge is 2.18. The highest BCUT2D eigenvalue weighted by Crippen LogP contribution is 2.14. The first-order valence-electron chi connectivity index (χ1n) is 7.00. The van der Waals surface area contributed by atoms with Gasteiger partial charge in [-0.1, -0.05) is 12.1 Å². The van der Waals surface area contributed by atoms with Gasteiger partial charge in [-0.25, -0.2) is 0 Å². The van der Waals surface area contributed by atoms with E-state index >= 15 is 0 Å². The zero-order valence-corrected chi connectivity index (χ0v) is 12.8. The van der Waals surface area contributed by atoms with E-state index in [9.17, 15) is 9.90 Å². The predicted octanol–water partition coefficient (Wildman–Crippen LogP) is 2.25. The summed E-state index contributed by atoms with van der Waals surface area (Å²) >= 11 is 0. The maximum absolute atomic E-state index is 12.0. The van der Waals surface area contributed by atoms with Crippen molar-refractivity contribution >= 4 is 5.91 Å². The molecule has 0 aliphatic heterocycles. The van der Waals surface area contributed by atoms with E-state index in [1.165, 1.54) is 0 Å². The molecule has 1 amide bonds. The summed E-state index contributed by atoms with van der Waals surface area (Å²) in [6.45, 7) is 6.34. The smallest absolute Gasteiger partial charge is 0.222 e. The number of carbonyl (C=O) groups excluding carboxylic acids is 1. The maximum Gasteiger partial charge on any atom is 0.222 e. The van der Waals surface area contributed by atoms with Gasteiger partial charge in [0, 0.05) is 20.0 Å². The fourth-order valence-corrected chi connectivity index (χ4v) is 2.03. The molecule has 4 nitrogen and oxygen atoms in total. The minimum Gasteiger partial charge on any atom is -0.494 e. The molecule has 0 bridgehead atoms. The Morgan fingerprint density at radius 2 is 1.90 bits per heavy atom. The predicted molar refractivity (Wildman–Crippen MR) is 79.9 cm³/mol. The number of aryl methyl sites for hydroxylation is 1. The van der Waals surface area contributed by atoms with Crippen LogP contribution in [0.1, 0.15) is 32.8 Å². The van der Waals surface area contributed by atoms with Crippen molar-refractivity contribution in [1.29, 1.82) is 0 Å². The zero-order valence-electron chi connectivity index (χ0n) is 12.8. The third kappa shape index (κ3) is 6.06. The van der Waals surface area contributed by atoms with Gasteiger partial charge in [-0.2, -0.15) is 0 Å². The molecular weight excluding hydrogens is 254 g/mol. The Balaban J connectivity index is 2.44. The Hall–Kier alpha value is -1.55. The standard InChI is InChI=1S/C16H25NO3/c1-5-20-14-9-6-13(7-10-14)8-11-15(18)17(4)12-16(2,3)19/h6-7,9-10,19H,5,8,11-12H2,1-4H3. The molecule has 0 aromatic heterocycles. The summed E-state index contributed by atoms with van der Waals surface area (Å²) in [4.78, 5) is 13.5. The van der Waals surface area contributed by atoms with Crippen LogP contribution in [-0.4, -0.2) is 41.7 Å². The number of amides is 1. The minimum atomic E-state index is -0.858. The van der Waals surface area contributed by atoms with Crippen LogP contribution in [0.4, 0.5) is 0 Å². The minimum absolute atomic E-state index is 0.0426. The number of likely N-dealkylation sites (N-methyl/N-ethyl adjacent to an activating group) is 1. The summed E-state index contributed by atoms with van der Waals surface area (Å²) in [5.41, 5.74) is 0.252. The Kier molecular flexibility index (Phi) is 6.02. The summed E-state index contributed by atoms with van der Waals surface area (Å²) in [5.74, 6) is 0.891. The van der Waals surface area contributed by atoms with Crippen LogP contribution in [-0.2, 0) is 11.2 Å². The van der Waals surface area contributed by atoms with Crippen LogP contribution < -0.4 is 4.74 Å². The van der Waals surface area contributed by atoms with Gasteiger partial charge < -0.3 is 14.7 Å². The summed E-state index contributed by atoms with van der Waals surface area (Å²) in [7, 11) is 1.72. The molecule has 0 aliphatic carbocycles. The van der Waals surface area contributed by atoms with Crippen molar-refractivity contribution in [3.63, 3.8) is 0 Å². The second-order valence-corrected chi connectivity index (χ2v) is 5.64. The number of hydrogen-bond donors (Lipinski definition) is 1. The number of rotatable bonds is 7. The Bertz CT molecular complexity index is 420. The van der Waals surface area contributed by atoms with Gasteiger partial charge in [-0.3, -0.25) is 4.79 Å². The van der Waals surface area contributed by atoms with Gasteiger partial charge >= 0.3 is 0 Å². The SMILES string of the molecule is CCOc1ccc(CCC(=O)N(C)CC(C)(C)O)cc1. The summed E-state index contributed by atoms with van der Waals surface area (Å²) < 4.78 is 5.38. The van der Waals surface area contributed by atoms with E-state index in [0.717, 1.165) is 11.3 Å². The zero-order chi connectivity index (χ0) is 15.2. The maximum atomic E-state index is 12.0. The van der Waals surface area contributed by atoms with E-state index in [2.05, 4.69) is 0 Å². The molecule has 1 aromatic carbocycles. The van der Waals surface area contributed by atoms with Crippen LogP contribution in [0.25, 0.3) is 0 Å². The molecule has 0 unspecified atom stereocenters. The molecular formula is C16H25NO3. The average molecular weight is 279 g/mol. The van der Waals surface area contributed by atoms with Gasteiger partial charge in [-0.05, 0) is 44.9 Å².